The van der Waals surface area contributed by atoms with E-state index in [2.05, 4.69) is 19.7 Å². The van der Waals surface area contributed by atoms with Gasteiger partial charge in [-0.2, -0.15) is 0 Å². The van der Waals surface area contributed by atoms with Crippen LogP contribution in [0.5, 0.6) is 11.5 Å². The molecule has 166 valence electrons. The molecule has 0 spiro atoms. The summed E-state index contributed by atoms with van der Waals surface area (Å²) in [4.78, 5) is 10.2. The number of carbonyl (C=O) groups excluding carboxylic acids is 1. The molecule has 1 atom stereocenters. The van der Waals surface area contributed by atoms with E-state index in [0.29, 0.717) is 11.3 Å². The molecular formula is C24H31BrMgO5. The maximum absolute atomic E-state index is 10.2. The van der Waals surface area contributed by atoms with E-state index in [1.54, 1.807) is 44.6 Å². The van der Waals surface area contributed by atoms with Crippen LogP contribution in [0, 0.1) is 6.58 Å². The predicted octanol–water partition coefficient (Wildman–Crippen LogP) is 1.45. The van der Waals surface area contributed by atoms with E-state index < -0.39 is 6.10 Å². The van der Waals surface area contributed by atoms with Gasteiger partial charge in [0.1, 0.15) is 17.8 Å². The van der Waals surface area contributed by atoms with Crippen LogP contribution in [0.2, 0.25) is 0 Å². The van der Waals surface area contributed by atoms with Gasteiger partial charge in [0.2, 0.25) is 0 Å². The van der Waals surface area contributed by atoms with E-state index in [1.165, 1.54) is 18.9 Å². The smallest absolute Gasteiger partial charge is 1.00 e. The summed E-state index contributed by atoms with van der Waals surface area (Å²) in [7, 11) is 3.17. The first-order valence-corrected chi connectivity index (χ1v) is 9.17. The van der Waals surface area contributed by atoms with E-state index in [-0.39, 0.29) is 40.0 Å². The standard InChI is InChI=1S/C10H12O2.C8H8O2.C4H8O.C2H3.BrH.Mg/c1-3-10(11)8-5-4-6-9(7-8)12-2;1-10-8-4-2-3-7(5-8)6-9;1-2-4-5-3-1;1-2;;/h3-7,10-11H,1H2,2H3;2-6H,1H3;1-4H2;1H,2H2;1H;/q;;;-1;;+2/p-1. The molecule has 2 aromatic rings. The molecule has 1 aliphatic rings. The zero-order chi connectivity index (χ0) is 21.9. The fourth-order valence-corrected chi connectivity index (χ4v) is 2.19. The van der Waals surface area contributed by atoms with Crippen molar-refractivity contribution in [1.29, 1.82) is 0 Å². The fourth-order valence-electron chi connectivity index (χ4n) is 2.19. The molecule has 5 nitrogen and oxygen atoms in total. The van der Waals surface area contributed by atoms with Gasteiger partial charge in [-0.1, -0.05) is 30.3 Å². The molecule has 1 saturated heterocycles. The predicted molar refractivity (Wildman–Crippen MR) is 122 cm³/mol. The molecule has 2 aromatic carbocycles. The molecule has 1 unspecified atom stereocenters. The maximum Gasteiger partial charge on any atom is 2.00 e. The van der Waals surface area contributed by atoms with Crippen LogP contribution in [0.15, 0.2) is 67.8 Å². The Morgan fingerprint density at radius 1 is 1.03 bits per heavy atom. The quantitative estimate of drug-likeness (QED) is 0.290. The fraction of sp³-hybridized carbons (Fsp3) is 0.292. The molecule has 1 heterocycles. The van der Waals surface area contributed by atoms with Crippen molar-refractivity contribution in [2.45, 2.75) is 18.9 Å². The van der Waals surface area contributed by atoms with Crippen molar-refractivity contribution < 1.29 is 41.1 Å². The van der Waals surface area contributed by atoms with E-state index in [0.717, 1.165) is 30.8 Å². The third-order valence-corrected chi connectivity index (χ3v) is 3.72. The minimum atomic E-state index is -0.611. The third kappa shape index (κ3) is 15.8. The third-order valence-electron chi connectivity index (χ3n) is 3.72. The molecule has 0 saturated carbocycles. The number of aliphatic hydroxyl groups excluding tert-OH is 1. The van der Waals surface area contributed by atoms with Gasteiger partial charge >= 0.3 is 23.1 Å². The van der Waals surface area contributed by atoms with Gasteiger partial charge in [-0.05, 0) is 42.7 Å². The molecule has 0 bridgehead atoms. The largest absolute Gasteiger partial charge is 2.00 e. The van der Waals surface area contributed by atoms with Gasteiger partial charge in [-0.25, -0.2) is 0 Å². The van der Waals surface area contributed by atoms with Gasteiger partial charge in [0.05, 0.1) is 20.3 Å². The van der Waals surface area contributed by atoms with Gasteiger partial charge in [0.15, 0.2) is 0 Å². The summed E-state index contributed by atoms with van der Waals surface area (Å²) in [5, 5.41) is 9.38. The first kappa shape index (κ1) is 34.0. The van der Waals surface area contributed by atoms with Crippen LogP contribution >= 0.6 is 0 Å². The van der Waals surface area contributed by atoms with Gasteiger partial charge in [-0.15, -0.1) is 6.58 Å². The number of carbonyl (C=O) groups is 1. The average molecular weight is 504 g/mol. The topological polar surface area (TPSA) is 65.0 Å². The van der Waals surface area contributed by atoms with E-state index in [9.17, 15) is 9.90 Å². The summed E-state index contributed by atoms with van der Waals surface area (Å²) < 4.78 is 14.8. The summed E-state index contributed by atoms with van der Waals surface area (Å²) in [6.07, 6.45) is 4.22. The Morgan fingerprint density at radius 2 is 1.55 bits per heavy atom. The Balaban J connectivity index is -0.000000374. The van der Waals surface area contributed by atoms with Crippen molar-refractivity contribution in [3.63, 3.8) is 0 Å². The second-order valence-electron chi connectivity index (χ2n) is 5.67. The summed E-state index contributed by atoms with van der Waals surface area (Å²) in [6.45, 7) is 12.5. The molecule has 1 fully saturated rings. The van der Waals surface area contributed by atoms with Crippen molar-refractivity contribution in [2.75, 3.05) is 27.4 Å². The summed E-state index contributed by atoms with van der Waals surface area (Å²) in [5.41, 5.74) is 1.43. The molecule has 0 aromatic heterocycles. The van der Waals surface area contributed by atoms with Gasteiger partial charge in [-0.3, -0.25) is 11.4 Å². The average Bonchev–Trinajstić information content (AvgIpc) is 3.40. The van der Waals surface area contributed by atoms with Gasteiger partial charge < -0.3 is 42.9 Å². The zero-order valence-electron chi connectivity index (χ0n) is 18.3. The van der Waals surface area contributed by atoms with Crippen LogP contribution in [-0.4, -0.2) is 61.9 Å². The molecular weight excluding hydrogens is 472 g/mol. The summed E-state index contributed by atoms with van der Waals surface area (Å²) >= 11 is 0. The molecule has 7 heteroatoms. The van der Waals surface area contributed by atoms with Crippen LogP contribution in [0.3, 0.4) is 0 Å². The Hall–Kier alpha value is -1.64. The molecule has 3 rings (SSSR count). The Kier molecular flexibility index (Phi) is 25.2. The van der Waals surface area contributed by atoms with Crippen molar-refractivity contribution in [2.24, 2.45) is 0 Å². The number of halogens is 1. The van der Waals surface area contributed by atoms with E-state index in [4.69, 9.17) is 14.2 Å². The SMILES string of the molecule is C1CCOC1.C=CC(O)c1cccc(OC)c1.COc1cccc(C=O)c1.[Br-].[CH-]=C.[Mg+2]. The monoisotopic (exact) mass is 502 g/mol. The number of ether oxygens (including phenoxy) is 3. The molecule has 1 aliphatic heterocycles. The molecule has 1 N–H and O–H groups in total. The first-order chi connectivity index (χ1) is 14.1. The Labute approximate surface area is 213 Å². The number of methoxy groups -OCH3 is 2. The van der Waals surface area contributed by atoms with E-state index >= 15 is 0 Å². The molecule has 31 heavy (non-hydrogen) atoms. The van der Waals surface area contributed by atoms with Crippen LogP contribution in [0.25, 0.3) is 0 Å². The van der Waals surface area contributed by atoms with Crippen molar-refractivity contribution in [1.82, 2.24) is 0 Å². The number of aliphatic hydroxyl groups is 1. The second kappa shape index (κ2) is 23.0. The first-order valence-electron chi connectivity index (χ1n) is 9.17. The Bertz CT molecular complexity index is 700. The summed E-state index contributed by atoms with van der Waals surface area (Å²) in [5.74, 6) is 1.46. The number of aldehydes is 1. The van der Waals surface area contributed by atoms with Crippen molar-refractivity contribution in [3.8, 4) is 11.5 Å². The van der Waals surface area contributed by atoms with Crippen LogP contribution in [0.1, 0.15) is 34.9 Å². The van der Waals surface area contributed by atoms with Crippen molar-refractivity contribution >= 4 is 29.3 Å². The van der Waals surface area contributed by atoms with Gasteiger partial charge in [0.25, 0.3) is 0 Å². The van der Waals surface area contributed by atoms with Crippen LogP contribution < -0.4 is 26.5 Å². The van der Waals surface area contributed by atoms with Gasteiger partial charge in [0, 0.05) is 18.8 Å². The van der Waals surface area contributed by atoms with E-state index in [1.807, 2.05) is 18.2 Å². The maximum atomic E-state index is 10.2. The number of hydrogen-bond donors (Lipinski definition) is 1. The van der Waals surface area contributed by atoms with Crippen LogP contribution in [0.4, 0.5) is 0 Å². The molecule has 0 aliphatic carbocycles. The Morgan fingerprint density at radius 3 is 1.97 bits per heavy atom. The summed E-state index contributed by atoms with van der Waals surface area (Å²) in [6, 6.07) is 14.3. The minimum absolute atomic E-state index is 0. The second-order valence-corrected chi connectivity index (χ2v) is 5.67. The number of hydrogen-bond acceptors (Lipinski definition) is 5. The van der Waals surface area contributed by atoms with Crippen molar-refractivity contribution in [3.05, 3.63) is 85.5 Å². The molecule has 0 radical (unpaired) electrons. The minimum Gasteiger partial charge on any atom is -1.00 e. The number of rotatable bonds is 5. The molecule has 0 amide bonds. The normalized spacial score (nSPS) is 11.6. The number of benzene rings is 2. The van der Waals surface area contributed by atoms with Crippen LogP contribution in [-0.2, 0) is 4.74 Å². The zero-order valence-corrected chi connectivity index (χ0v) is 21.3.